The molecule has 4 atom stereocenters. The Morgan fingerprint density at radius 2 is 2.24 bits per heavy atom. The van der Waals surface area contributed by atoms with Crippen molar-refractivity contribution < 1.29 is 19.1 Å². The molecule has 9 nitrogen and oxygen atoms in total. The zero-order valence-electron chi connectivity index (χ0n) is 15.9. The molecule has 1 aromatic carbocycles. The van der Waals surface area contributed by atoms with Gasteiger partial charge in [-0.15, -0.1) is 0 Å². The number of hydrogen-bond donors (Lipinski definition) is 3. The van der Waals surface area contributed by atoms with Gasteiger partial charge in [-0.2, -0.15) is 5.26 Å². The summed E-state index contributed by atoms with van der Waals surface area (Å²) in [4.78, 5) is 27.4. The van der Waals surface area contributed by atoms with E-state index in [0.29, 0.717) is 11.3 Å². The van der Waals surface area contributed by atoms with Crippen LogP contribution in [0.4, 0.5) is 5.69 Å². The van der Waals surface area contributed by atoms with E-state index in [1.54, 1.807) is 14.0 Å². The van der Waals surface area contributed by atoms with Gasteiger partial charge in [0.1, 0.15) is 17.1 Å². The molecule has 4 unspecified atom stereocenters. The first kappa shape index (κ1) is 19.7. The molecule has 4 N–H and O–H groups in total. The van der Waals surface area contributed by atoms with E-state index in [2.05, 4.69) is 32.9 Å². The molecule has 0 aliphatic carbocycles. The van der Waals surface area contributed by atoms with Crippen LogP contribution in [0.5, 0.6) is 0 Å². The number of likely N-dealkylation sites (N-methyl/N-ethyl adjacent to an activating group) is 1. The summed E-state index contributed by atoms with van der Waals surface area (Å²) >= 11 is 3.46. The number of ether oxygens (including phenoxy) is 2. The van der Waals surface area contributed by atoms with Gasteiger partial charge in [-0.05, 0) is 30.7 Å². The Balaban J connectivity index is 1.94. The summed E-state index contributed by atoms with van der Waals surface area (Å²) in [7, 11) is 1.66. The minimum absolute atomic E-state index is 0.00601. The lowest BCUT2D eigenvalue weighted by atomic mass is 9.62. The van der Waals surface area contributed by atoms with Crippen LogP contribution in [0.1, 0.15) is 18.9 Å². The third-order valence-electron chi connectivity index (χ3n) is 5.76. The summed E-state index contributed by atoms with van der Waals surface area (Å²) in [5.74, 6) is -1.39. The highest BCUT2D eigenvalue weighted by Crippen LogP contribution is 2.56. The summed E-state index contributed by atoms with van der Waals surface area (Å²) in [6.07, 6.45) is -0.694. The lowest BCUT2D eigenvalue weighted by molar-refractivity contribution is -0.144. The molecule has 0 bridgehead atoms. The Bertz CT molecular complexity index is 974. The van der Waals surface area contributed by atoms with E-state index in [4.69, 9.17) is 15.2 Å². The number of fused-ring (bicyclic) bond motifs is 4. The fraction of sp³-hybridized carbons (Fsp3) is 0.421. The lowest BCUT2D eigenvalue weighted by Gasteiger charge is -2.42. The van der Waals surface area contributed by atoms with Crippen molar-refractivity contribution in [2.75, 3.05) is 18.6 Å². The first-order valence-electron chi connectivity index (χ1n) is 9.18. The van der Waals surface area contributed by atoms with Crippen LogP contribution >= 0.6 is 15.9 Å². The van der Waals surface area contributed by atoms with E-state index < -0.39 is 29.6 Å². The van der Waals surface area contributed by atoms with Gasteiger partial charge in [0.2, 0.25) is 11.8 Å². The van der Waals surface area contributed by atoms with Gasteiger partial charge in [-0.3, -0.25) is 15.0 Å². The van der Waals surface area contributed by atoms with Crippen molar-refractivity contribution >= 4 is 33.5 Å². The van der Waals surface area contributed by atoms with Gasteiger partial charge in [0.25, 0.3) is 0 Å². The number of nitriles is 1. The van der Waals surface area contributed by atoms with Crippen LogP contribution in [0.3, 0.4) is 0 Å². The fourth-order valence-electron chi connectivity index (χ4n) is 4.66. The molecular weight excluding hydrogens is 442 g/mol. The average Bonchev–Trinajstić information content (AvgIpc) is 3.16. The molecule has 1 saturated heterocycles. The highest BCUT2D eigenvalue weighted by atomic mass is 79.9. The van der Waals surface area contributed by atoms with Crippen LogP contribution in [-0.2, 0) is 24.5 Å². The normalized spacial score (nSPS) is 30.1. The molecule has 3 heterocycles. The Kier molecular flexibility index (Phi) is 4.77. The molecule has 0 saturated carbocycles. The molecule has 1 fully saturated rings. The van der Waals surface area contributed by atoms with Gasteiger partial charge in [0, 0.05) is 23.2 Å². The van der Waals surface area contributed by atoms with Gasteiger partial charge < -0.3 is 20.1 Å². The van der Waals surface area contributed by atoms with E-state index in [0.717, 1.165) is 4.47 Å². The second-order valence-electron chi connectivity index (χ2n) is 7.15. The second kappa shape index (κ2) is 7.02. The van der Waals surface area contributed by atoms with E-state index in [9.17, 15) is 14.9 Å². The molecular formula is C19H20BrN5O4. The molecule has 3 aliphatic rings. The van der Waals surface area contributed by atoms with Crippen LogP contribution in [0.25, 0.3) is 0 Å². The summed E-state index contributed by atoms with van der Waals surface area (Å²) in [6.45, 7) is 1.98. The number of benzene rings is 1. The van der Waals surface area contributed by atoms with Crippen molar-refractivity contribution in [3.8, 4) is 6.07 Å². The number of carbonyl (C=O) groups excluding carboxylic acids is 2. The Morgan fingerprint density at radius 3 is 2.93 bits per heavy atom. The minimum atomic E-state index is -1.39. The van der Waals surface area contributed by atoms with Crippen LogP contribution < -0.4 is 21.5 Å². The minimum Gasteiger partial charge on any atom is -0.466 e. The quantitative estimate of drug-likeness (QED) is 0.562. The predicted molar refractivity (Wildman–Crippen MR) is 106 cm³/mol. The number of nitrogens with zero attached hydrogens (tertiary/aromatic N) is 2. The standard InChI is InChI=1S/C19H20BrN5O4/c1-3-28-14(26)7-12-15-17(24-23-12)29-16(22)11(8-21)19(15)10-6-9(20)4-5-13(10)25(2)18(19)27/h4-6,12,15,17,23-24H,3,7,22H2,1-2H3. The number of hydrogen-bond acceptors (Lipinski definition) is 8. The molecule has 1 spiro atoms. The highest BCUT2D eigenvalue weighted by molar-refractivity contribution is 9.10. The third kappa shape index (κ3) is 2.65. The second-order valence-corrected chi connectivity index (χ2v) is 8.07. The summed E-state index contributed by atoms with van der Waals surface area (Å²) < 4.78 is 11.6. The first-order chi connectivity index (χ1) is 13.9. The molecule has 4 rings (SSSR count). The molecule has 29 heavy (non-hydrogen) atoms. The van der Waals surface area contributed by atoms with Gasteiger partial charge in [0.05, 0.1) is 18.9 Å². The SMILES string of the molecule is CCOC(=O)CC1NNC2OC(N)=C(C#N)C3(C(=O)N(C)c4ccc(Br)cc43)C12. The van der Waals surface area contributed by atoms with Crippen molar-refractivity contribution in [3.63, 3.8) is 0 Å². The van der Waals surface area contributed by atoms with Crippen LogP contribution in [0.15, 0.2) is 34.1 Å². The maximum absolute atomic E-state index is 13.7. The monoisotopic (exact) mass is 461 g/mol. The number of hydrazine groups is 1. The predicted octanol–water partition coefficient (Wildman–Crippen LogP) is 0.759. The van der Waals surface area contributed by atoms with Crippen molar-refractivity contribution in [2.45, 2.75) is 31.0 Å². The number of rotatable bonds is 3. The Hall–Kier alpha value is -2.61. The number of esters is 1. The Labute approximate surface area is 175 Å². The summed E-state index contributed by atoms with van der Waals surface area (Å²) in [5, 5.41) is 9.98. The van der Waals surface area contributed by atoms with Crippen molar-refractivity contribution in [3.05, 3.63) is 39.7 Å². The molecule has 10 heteroatoms. The van der Waals surface area contributed by atoms with Gasteiger partial charge >= 0.3 is 5.97 Å². The zero-order chi connectivity index (χ0) is 20.9. The topological polar surface area (TPSA) is 130 Å². The van der Waals surface area contributed by atoms with Crippen molar-refractivity contribution in [1.82, 2.24) is 10.9 Å². The smallest absolute Gasteiger partial charge is 0.307 e. The number of nitrogens with one attached hydrogen (secondary N) is 2. The van der Waals surface area contributed by atoms with Gasteiger partial charge in [0.15, 0.2) is 6.23 Å². The molecule has 152 valence electrons. The molecule has 1 amide bonds. The molecule has 0 aromatic heterocycles. The summed E-state index contributed by atoms with van der Waals surface area (Å²) in [5.41, 5.74) is 12.1. The molecule has 3 aliphatic heterocycles. The highest BCUT2D eigenvalue weighted by Gasteiger charge is 2.66. The first-order valence-corrected chi connectivity index (χ1v) is 9.97. The fourth-order valence-corrected chi connectivity index (χ4v) is 5.02. The lowest BCUT2D eigenvalue weighted by Crippen LogP contribution is -2.57. The third-order valence-corrected chi connectivity index (χ3v) is 6.25. The van der Waals surface area contributed by atoms with Crippen molar-refractivity contribution in [2.24, 2.45) is 11.7 Å². The van der Waals surface area contributed by atoms with E-state index in [-0.39, 0.29) is 30.4 Å². The number of anilines is 1. The number of nitrogens with two attached hydrogens (primary N) is 1. The number of carbonyl (C=O) groups is 2. The molecule has 1 aromatic rings. The van der Waals surface area contributed by atoms with Gasteiger partial charge in [-0.1, -0.05) is 15.9 Å². The van der Waals surface area contributed by atoms with E-state index in [1.165, 1.54) is 4.90 Å². The Morgan fingerprint density at radius 1 is 1.48 bits per heavy atom. The zero-order valence-corrected chi connectivity index (χ0v) is 17.4. The van der Waals surface area contributed by atoms with Crippen LogP contribution in [0.2, 0.25) is 0 Å². The summed E-state index contributed by atoms with van der Waals surface area (Å²) in [6, 6.07) is 7.06. The number of halogens is 1. The van der Waals surface area contributed by atoms with Crippen molar-refractivity contribution in [1.29, 1.82) is 5.26 Å². The maximum Gasteiger partial charge on any atom is 0.307 e. The maximum atomic E-state index is 13.7. The van der Waals surface area contributed by atoms with Gasteiger partial charge in [-0.25, -0.2) is 5.43 Å². The van der Waals surface area contributed by atoms with Crippen LogP contribution in [-0.4, -0.2) is 37.8 Å². The molecule has 0 radical (unpaired) electrons. The number of amides is 1. The average molecular weight is 462 g/mol. The van der Waals surface area contributed by atoms with E-state index >= 15 is 0 Å². The van der Waals surface area contributed by atoms with Crippen LogP contribution in [0, 0.1) is 17.2 Å². The largest absolute Gasteiger partial charge is 0.466 e. The van der Waals surface area contributed by atoms with E-state index in [1.807, 2.05) is 18.2 Å².